The van der Waals surface area contributed by atoms with Crippen LogP contribution in [0.3, 0.4) is 0 Å². The Kier molecular flexibility index (Phi) is 5.96. The predicted octanol–water partition coefficient (Wildman–Crippen LogP) is 4.45. The van der Waals surface area contributed by atoms with Crippen molar-refractivity contribution in [3.05, 3.63) is 64.9 Å². The highest BCUT2D eigenvalue weighted by Gasteiger charge is 2.15. The van der Waals surface area contributed by atoms with E-state index in [2.05, 4.69) is 20.6 Å². The summed E-state index contributed by atoms with van der Waals surface area (Å²) in [6.45, 7) is 2.01. The average molecular weight is 399 g/mol. The molecular formula is C20H19ClN4O3. The molecule has 144 valence electrons. The number of rotatable bonds is 6. The fourth-order valence-electron chi connectivity index (χ4n) is 2.46. The zero-order valence-electron chi connectivity index (χ0n) is 15.6. The van der Waals surface area contributed by atoms with E-state index in [4.69, 9.17) is 21.1 Å². The van der Waals surface area contributed by atoms with Gasteiger partial charge in [-0.1, -0.05) is 29.3 Å². The minimum absolute atomic E-state index is 0.195. The second-order valence-corrected chi connectivity index (χ2v) is 6.30. The van der Waals surface area contributed by atoms with Crippen LogP contribution in [0.4, 0.5) is 17.3 Å². The van der Waals surface area contributed by atoms with E-state index in [0.717, 1.165) is 11.3 Å². The maximum absolute atomic E-state index is 12.7. The Morgan fingerprint density at radius 3 is 2.43 bits per heavy atom. The first kappa shape index (κ1) is 19.4. The average Bonchev–Trinajstić information content (AvgIpc) is 2.70. The molecule has 0 aliphatic heterocycles. The third kappa shape index (κ3) is 4.50. The van der Waals surface area contributed by atoms with E-state index < -0.39 is 5.91 Å². The van der Waals surface area contributed by atoms with Crippen molar-refractivity contribution >= 4 is 34.8 Å². The molecule has 0 aliphatic carbocycles. The lowest BCUT2D eigenvalue weighted by atomic mass is 10.2. The molecule has 28 heavy (non-hydrogen) atoms. The number of carbonyl (C=O) groups is 1. The molecular weight excluding hydrogens is 380 g/mol. The van der Waals surface area contributed by atoms with Crippen molar-refractivity contribution < 1.29 is 14.3 Å². The summed E-state index contributed by atoms with van der Waals surface area (Å²) < 4.78 is 10.5. The second-order valence-electron chi connectivity index (χ2n) is 5.90. The number of ether oxygens (including phenoxy) is 2. The molecule has 3 rings (SSSR count). The Hall–Kier alpha value is -3.32. The molecule has 7 nitrogen and oxygen atoms in total. The van der Waals surface area contributed by atoms with Gasteiger partial charge in [0.25, 0.3) is 5.91 Å². The number of aromatic nitrogens is 2. The van der Waals surface area contributed by atoms with Crippen LogP contribution in [-0.2, 0) is 0 Å². The summed E-state index contributed by atoms with van der Waals surface area (Å²) in [7, 11) is 2.98. The van der Waals surface area contributed by atoms with Crippen LogP contribution in [0.1, 0.15) is 16.1 Å². The summed E-state index contributed by atoms with van der Waals surface area (Å²) in [5, 5.41) is 6.21. The minimum atomic E-state index is -0.419. The molecule has 1 amide bonds. The molecule has 0 spiro atoms. The van der Waals surface area contributed by atoms with E-state index in [1.54, 1.807) is 12.1 Å². The van der Waals surface area contributed by atoms with Gasteiger partial charge in [0.15, 0.2) is 0 Å². The highest BCUT2D eigenvalue weighted by atomic mass is 35.5. The number of nitrogens with one attached hydrogen (secondary N) is 2. The van der Waals surface area contributed by atoms with Crippen molar-refractivity contribution in [2.24, 2.45) is 0 Å². The highest BCUT2D eigenvalue weighted by molar-refractivity contribution is 6.32. The number of hydrogen-bond acceptors (Lipinski definition) is 6. The third-order valence-electron chi connectivity index (χ3n) is 3.92. The van der Waals surface area contributed by atoms with Crippen molar-refractivity contribution in [3.8, 4) is 11.5 Å². The molecule has 0 atom stereocenters. The number of anilines is 3. The topological polar surface area (TPSA) is 85.4 Å². The van der Waals surface area contributed by atoms with Gasteiger partial charge in [0.05, 0.1) is 24.9 Å². The molecule has 2 N–H and O–H groups in total. The summed E-state index contributed by atoms with van der Waals surface area (Å²) in [5.41, 5.74) is 2.58. The van der Waals surface area contributed by atoms with E-state index >= 15 is 0 Å². The summed E-state index contributed by atoms with van der Waals surface area (Å²) in [6.07, 6.45) is 1.51. The van der Waals surface area contributed by atoms with Crippen LogP contribution in [0.15, 0.2) is 48.7 Å². The quantitative estimate of drug-likeness (QED) is 0.638. The Balaban J connectivity index is 1.81. The number of nitrogens with zero attached hydrogens (tertiary/aromatic N) is 2. The van der Waals surface area contributed by atoms with Gasteiger partial charge in [-0.15, -0.1) is 0 Å². The Bertz CT molecular complexity index is 993. The lowest BCUT2D eigenvalue weighted by Gasteiger charge is -2.13. The number of benzene rings is 2. The minimum Gasteiger partial charge on any atom is -0.495 e. The zero-order chi connectivity index (χ0) is 20.1. The van der Waals surface area contributed by atoms with Crippen LogP contribution in [0.25, 0.3) is 0 Å². The summed E-state index contributed by atoms with van der Waals surface area (Å²) in [5.74, 6) is 0.725. The van der Waals surface area contributed by atoms with Gasteiger partial charge < -0.3 is 20.1 Å². The number of hydrogen-bond donors (Lipinski definition) is 2. The Morgan fingerprint density at radius 2 is 1.75 bits per heavy atom. The van der Waals surface area contributed by atoms with E-state index in [-0.39, 0.29) is 5.69 Å². The molecule has 0 saturated carbocycles. The van der Waals surface area contributed by atoms with Crippen LogP contribution in [0.5, 0.6) is 11.5 Å². The van der Waals surface area contributed by atoms with E-state index in [1.807, 2.05) is 31.2 Å². The SMILES string of the molecule is COc1cc(NC(=O)c2ccnc(Nc3ccc(C)cc3)n2)c(OC)cc1Cl. The maximum atomic E-state index is 12.7. The summed E-state index contributed by atoms with van der Waals surface area (Å²) in [6, 6.07) is 12.5. The Morgan fingerprint density at radius 1 is 1.04 bits per heavy atom. The molecule has 0 fully saturated rings. The Labute approximate surface area is 167 Å². The first-order chi connectivity index (χ1) is 13.5. The largest absolute Gasteiger partial charge is 0.495 e. The van der Waals surface area contributed by atoms with Gasteiger partial charge in [0.1, 0.15) is 17.2 Å². The molecule has 8 heteroatoms. The van der Waals surface area contributed by atoms with Gasteiger partial charge in [-0.3, -0.25) is 4.79 Å². The first-order valence-corrected chi connectivity index (χ1v) is 8.77. The summed E-state index contributed by atoms with van der Waals surface area (Å²) >= 11 is 6.09. The maximum Gasteiger partial charge on any atom is 0.274 e. The highest BCUT2D eigenvalue weighted by Crippen LogP contribution is 2.36. The number of aryl methyl sites for hydroxylation is 1. The van der Waals surface area contributed by atoms with Crippen molar-refractivity contribution in [2.75, 3.05) is 24.9 Å². The molecule has 2 aromatic carbocycles. The monoisotopic (exact) mass is 398 g/mol. The van der Waals surface area contributed by atoms with Gasteiger partial charge >= 0.3 is 0 Å². The molecule has 0 bridgehead atoms. The number of methoxy groups -OCH3 is 2. The molecule has 1 heterocycles. The lowest BCUT2D eigenvalue weighted by molar-refractivity contribution is 0.102. The normalized spacial score (nSPS) is 10.3. The second kappa shape index (κ2) is 8.58. The van der Waals surface area contributed by atoms with Crippen LogP contribution in [0.2, 0.25) is 5.02 Å². The molecule has 0 unspecified atom stereocenters. The van der Waals surface area contributed by atoms with Crippen LogP contribution in [0, 0.1) is 6.92 Å². The fraction of sp³-hybridized carbons (Fsp3) is 0.150. The first-order valence-electron chi connectivity index (χ1n) is 8.39. The van der Waals surface area contributed by atoms with Crippen molar-refractivity contribution in [2.45, 2.75) is 6.92 Å². The predicted molar refractivity (Wildman–Crippen MR) is 109 cm³/mol. The van der Waals surface area contributed by atoms with E-state index in [0.29, 0.717) is 28.2 Å². The van der Waals surface area contributed by atoms with E-state index in [1.165, 1.54) is 26.5 Å². The molecule has 0 radical (unpaired) electrons. The number of carbonyl (C=O) groups excluding carboxylic acids is 1. The van der Waals surface area contributed by atoms with Gasteiger partial charge in [-0.05, 0) is 25.1 Å². The van der Waals surface area contributed by atoms with Gasteiger partial charge in [-0.25, -0.2) is 9.97 Å². The van der Waals surface area contributed by atoms with E-state index in [9.17, 15) is 4.79 Å². The van der Waals surface area contributed by atoms with Gasteiger partial charge in [0, 0.05) is 24.0 Å². The fourth-order valence-corrected chi connectivity index (χ4v) is 2.69. The molecule has 0 aliphatic rings. The molecule has 1 aromatic heterocycles. The smallest absolute Gasteiger partial charge is 0.274 e. The van der Waals surface area contributed by atoms with Crippen molar-refractivity contribution in [1.29, 1.82) is 0 Å². The van der Waals surface area contributed by atoms with Crippen LogP contribution < -0.4 is 20.1 Å². The molecule has 3 aromatic rings. The molecule has 0 saturated heterocycles. The third-order valence-corrected chi connectivity index (χ3v) is 4.21. The van der Waals surface area contributed by atoms with Crippen LogP contribution >= 0.6 is 11.6 Å². The number of amides is 1. The standard InChI is InChI=1S/C20H19ClN4O3/c1-12-4-6-13(7-5-12)23-20-22-9-8-15(25-20)19(26)24-16-11-17(27-2)14(21)10-18(16)28-3/h4-11H,1-3H3,(H,24,26)(H,22,23,25). The van der Waals surface area contributed by atoms with Crippen molar-refractivity contribution in [1.82, 2.24) is 9.97 Å². The van der Waals surface area contributed by atoms with Crippen LogP contribution in [-0.4, -0.2) is 30.1 Å². The van der Waals surface area contributed by atoms with Gasteiger partial charge in [0.2, 0.25) is 5.95 Å². The van der Waals surface area contributed by atoms with Crippen molar-refractivity contribution in [3.63, 3.8) is 0 Å². The lowest BCUT2D eigenvalue weighted by Crippen LogP contribution is -2.15. The summed E-state index contributed by atoms with van der Waals surface area (Å²) in [4.78, 5) is 21.1. The number of halogens is 1. The van der Waals surface area contributed by atoms with Gasteiger partial charge in [-0.2, -0.15) is 0 Å². The zero-order valence-corrected chi connectivity index (χ0v) is 16.4.